The monoisotopic (exact) mass is 356 g/mol. The van der Waals surface area contributed by atoms with Crippen LogP contribution in [0, 0.1) is 5.82 Å². The van der Waals surface area contributed by atoms with Gasteiger partial charge in [0.2, 0.25) is 0 Å². The fourth-order valence-corrected chi connectivity index (χ4v) is 2.98. The fraction of sp³-hybridized carbons (Fsp3) is 0.300. The smallest absolute Gasteiger partial charge is 0.332 e. The highest BCUT2D eigenvalue weighted by Gasteiger charge is 2.43. The van der Waals surface area contributed by atoms with Crippen molar-refractivity contribution in [1.82, 2.24) is 4.90 Å². The molecule has 1 fully saturated rings. The number of nitrogens with zero attached hydrogens (tertiary/aromatic N) is 2. The molecular formula is C20H21FN2O3. The van der Waals surface area contributed by atoms with Crippen LogP contribution < -0.4 is 9.64 Å². The van der Waals surface area contributed by atoms with Gasteiger partial charge in [0.1, 0.15) is 17.6 Å². The maximum absolute atomic E-state index is 13.2. The summed E-state index contributed by atoms with van der Waals surface area (Å²) in [6.45, 7) is 5.63. The minimum atomic E-state index is -0.647. The predicted octanol–water partition coefficient (Wildman–Crippen LogP) is 3.97. The molecule has 0 spiro atoms. The first-order chi connectivity index (χ1) is 12.4. The zero-order valence-electron chi connectivity index (χ0n) is 15.0. The number of halogens is 1. The summed E-state index contributed by atoms with van der Waals surface area (Å²) in [5.74, 6) is -0.0364. The number of hydrogen-bond donors (Lipinski definition) is 0. The lowest BCUT2D eigenvalue weighted by molar-refractivity contribution is -0.127. The molecule has 1 aliphatic rings. The summed E-state index contributed by atoms with van der Waals surface area (Å²) in [6, 6.07) is 11.8. The van der Waals surface area contributed by atoms with Crippen molar-refractivity contribution >= 4 is 17.6 Å². The number of imide groups is 1. The standard InChI is InChI=1S/C20H21FN2O3/c1-13(2)26-18-7-5-4-6-15(18)12-22-19(24)14(3)23(20(22)25)17-10-8-16(21)9-11-17/h4-11,13-14H,12H2,1-3H3. The Kier molecular flexibility index (Phi) is 4.93. The molecule has 1 aliphatic heterocycles. The van der Waals surface area contributed by atoms with Gasteiger partial charge in [-0.05, 0) is 51.1 Å². The molecule has 2 aromatic rings. The van der Waals surface area contributed by atoms with Crippen LogP contribution in [-0.2, 0) is 11.3 Å². The van der Waals surface area contributed by atoms with E-state index in [1.165, 1.54) is 34.1 Å². The van der Waals surface area contributed by atoms with Gasteiger partial charge in [0.05, 0.1) is 12.6 Å². The van der Waals surface area contributed by atoms with Crippen molar-refractivity contribution in [2.75, 3.05) is 4.90 Å². The average Bonchev–Trinajstić information content (AvgIpc) is 2.81. The zero-order chi connectivity index (χ0) is 18.8. The number of ether oxygens (including phenoxy) is 1. The van der Waals surface area contributed by atoms with Crippen LogP contribution in [0.25, 0.3) is 0 Å². The molecule has 1 heterocycles. The van der Waals surface area contributed by atoms with Crippen LogP contribution >= 0.6 is 0 Å². The molecule has 6 heteroatoms. The molecule has 0 aromatic heterocycles. The van der Waals surface area contributed by atoms with Crippen LogP contribution in [-0.4, -0.2) is 29.0 Å². The lowest BCUT2D eigenvalue weighted by Crippen LogP contribution is -2.33. The Hall–Kier alpha value is -2.89. The summed E-state index contributed by atoms with van der Waals surface area (Å²) in [7, 11) is 0. The van der Waals surface area contributed by atoms with E-state index < -0.39 is 17.9 Å². The van der Waals surface area contributed by atoms with E-state index >= 15 is 0 Å². The Morgan fingerprint density at radius 3 is 2.38 bits per heavy atom. The van der Waals surface area contributed by atoms with Gasteiger partial charge < -0.3 is 4.74 Å². The lowest BCUT2D eigenvalue weighted by Gasteiger charge is -2.20. The maximum atomic E-state index is 13.2. The van der Waals surface area contributed by atoms with Gasteiger partial charge in [0.25, 0.3) is 5.91 Å². The van der Waals surface area contributed by atoms with Gasteiger partial charge >= 0.3 is 6.03 Å². The molecule has 3 rings (SSSR count). The SMILES string of the molecule is CC(C)Oc1ccccc1CN1C(=O)C(C)N(c2ccc(F)cc2)C1=O. The van der Waals surface area contributed by atoms with Crippen LogP contribution in [0.4, 0.5) is 14.9 Å². The largest absolute Gasteiger partial charge is 0.491 e. The van der Waals surface area contributed by atoms with E-state index in [2.05, 4.69) is 0 Å². The van der Waals surface area contributed by atoms with E-state index in [9.17, 15) is 14.0 Å². The van der Waals surface area contributed by atoms with E-state index in [1.54, 1.807) is 6.92 Å². The Balaban J connectivity index is 1.87. The van der Waals surface area contributed by atoms with Crippen molar-refractivity contribution in [3.05, 3.63) is 59.9 Å². The summed E-state index contributed by atoms with van der Waals surface area (Å²) in [6.07, 6.45) is -0.0178. The van der Waals surface area contributed by atoms with Crippen LogP contribution in [0.5, 0.6) is 5.75 Å². The van der Waals surface area contributed by atoms with Gasteiger partial charge in [-0.15, -0.1) is 0 Å². The lowest BCUT2D eigenvalue weighted by atomic mass is 10.2. The van der Waals surface area contributed by atoms with Crippen LogP contribution in [0.2, 0.25) is 0 Å². The second-order valence-electron chi connectivity index (χ2n) is 6.50. The van der Waals surface area contributed by atoms with Crippen LogP contribution in [0.15, 0.2) is 48.5 Å². The fourth-order valence-electron chi connectivity index (χ4n) is 2.98. The molecule has 1 unspecified atom stereocenters. The first-order valence-corrected chi connectivity index (χ1v) is 8.53. The highest BCUT2D eigenvalue weighted by Crippen LogP contribution is 2.29. The van der Waals surface area contributed by atoms with Gasteiger partial charge in [-0.1, -0.05) is 18.2 Å². The van der Waals surface area contributed by atoms with E-state index in [-0.39, 0.29) is 18.6 Å². The summed E-state index contributed by atoms with van der Waals surface area (Å²) < 4.78 is 18.9. The molecule has 26 heavy (non-hydrogen) atoms. The molecule has 1 atom stereocenters. The van der Waals surface area contributed by atoms with Crippen molar-refractivity contribution in [3.63, 3.8) is 0 Å². The van der Waals surface area contributed by atoms with Gasteiger partial charge in [-0.2, -0.15) is 0 Å². The number of carbonyl (C=O) groups excluding carboxylic acids is 2. The number of hydrogen-bond acceptors (Lipinski definition) is 3. The zero-order valence-corrected chi connectivity index (χ0v) is 15.0. The van der Waals surface area contributed by atoms with Crippen LogP contribution in [0.1, 0.15) is 26.3 Å². The number of anilines is 1. The molecule has 136 valence electrons. The van der Waals surface area contributed by atoms with Crippen LogP contribution in [0.3, 0.4) is 0 Å². The van der Waals surface area contributed by atoms with Crippen molar-refractivity contribution in [2.24, 2.45) is 0 Å². The topological polar surface area (TPSA) is 49.9 Å². The van der Waals surface area contributed by atoms with E-state index in [4.69, 9.17) is 4.74 Å². The van der Waals surface area contributed by atoms with E-state index in [0.29, 0.717) is 11.4 Å². The maximum Gasteiger partial charge on any atom is 0.332 e. The number of para-hydroxylation sites is 1. The number of carbonyl (C=O) groups is 2. The summed E-state index contributed by atoms with van der Waals surface area (Å²) in [5.41, 5.74) is 1.25. The number of amides is 3. The number of benzene rings is 2. The quantitative estimate of drug-likeness (QED) is 0.762. The third-order valence-electron chi connectivity index (χ3n) is 4.22. The highest BCUT2D eigenvalue weighted by atomic mass is 19.1. The molecule has 0 aliphatic carbocycles. The Morgan fingerprint density at radius 2 is 1.73 bits per heavy atom. The molecule has 5 nitrogen and oxygen atoms in total. The number of urea groups is 1. The van der Waals surface area contributed by atoms with E-state index in [1.807, 2.05) is 38.1 Å². The molecule has 3 amide bonds. The second-order valence-corrected chi connectivity index (χ2v) is 6.50. The first kappa shape index (κ1) is 17.9. The van der Waals surface area contributed by atoms with Gasteiger partial charge in [-0.3, -0.25) is 14.6 Å². The molecule has 0 bridgehead atoms. The Bertz CT molecular complexity index is 820. The Morgan fingerprint density at radius 1 is 1.08 bits per heavy atom. The van der Waals surface area contributed by atoms with Gasteiger partial charge in [0, 0.05) is 11.3 Å². The first-order valence-electron chi connectivity index (χ1n) is 8.53. The summed E-state index contributed by atoms with van der Waals surface area (Å²) >= 11 is 0. The molecule has 0 N–H and O–H groups in total. The molecule has 1 saturated heterocycles. The minimum Gasteiger partial charge on any atom is -0.491 e. The molecule has 2 aromatic carbocycles. The molecule has 0 saturated carbocycles. The third kappa shape index (κ3) is 3.40. The van der Waals surface area contributed by atoms with Crippen molar-refractivity contribution < 1.29 is 18.7 Å². The second kappa shape index (κ2) is 7.15. The van der Waals surface area contributed by atoms with E-state index in [0.717, 1.165) is 5.56 Å². The predicted molar refractivity (Wildman–Crippen MR) is 96.5 cm³/mol. The Labute approximate surface area is 152 Å². The average molecular weight is 356 g/mol. The van der Waals surface area contributed by atoms with Crippen molar-refractivity contribution in [1.29, 1.82) is 0 Å². The van der Waals surface area contributed by atoms with Gasteiger partial charge in [-0.25, -0.2) is 9.18 Å². The number of rotatable bonds is 5. The molecule has 0 radical (unpaired) electrons. The third-order valence-corrected chi connectivity index (χ3v) is 4.22. The normalized spacial score (nSPS) is 17.3. The van der Waals surface area contributed by atoms with Gasteiger partial charge in [0.15, 0.2) is 0 Å². The van der Waals surface area contributed by atoms with Crippen molar-refractivity contribution in [2.45, 2.75) is 39.5 Å². The molecular weight excluding hydrogens is 335 g/mol. The summed E-state index contributed by atoms with van der Waals surface area (Å²) in [4.78, 5) is 28.1. The minimum absolute atomic E-state index is 0.0178. The van der Waals surface area contributed by atoms with Crippen molar-refractivity contribution in [3.8, 4) is 5.75 Å². The summed E-state index contributed by atoms with van der Waals surface area (Å²) in [5, 5.41) is 0. The highest BCUT2D eigenvalue weighted by molar-refractivity contribution is 6.14.